The lowest BCUT2D eigenvalue weighted by atomic mass is 10.2. The van der Waals surface area contributed by atoms with E-state index in [0.717, 1.165) is 12.1 Å². The summed E-state index contributed by atoms with van der Waals surface area (Å²) in [6.07, 6.45) is 0.949. The lowest BCUT2D eigenvalue weighted by Crippen LogP contribution is -2.32. The number of pyridine rings is 1. The van der Waals surface area contributed by atoms with Crippen LogP contribution in [0.2, 0.25) is 0 Å². The van der Waals surface area contributed by atoms with Gasteiger partial charge in [-0.15, -0.1) is 0 Å². The highest BCUT2D eigenvalue weighted by atomic mass is 19.1. The quantitative estimate of drug-likeness (QED) is 0.910. The van der Waals surface area contributed by atoms with Crippen molar-refractivity contribution in [1.29, 1.82) is 0 Å². The Labute approximate surface area is 138 Å². The van der Waals surface area contributed by atoms with E-state index in [1.165, 1.54) is 18.3 Å². The second kappa shape index (κ2) is 7.25. The van der Waals surface area contributed by atoms with Crippen LogP contribution in [0, 0.1) is 11.6 Å². The normalized spacial score (nSPS) is 11.0. The molecular formula is C17H18F2N2O3. The van der Waals surface area contributed by atoms with Crippen LogP contribution < -0.4 is 10.1 Å². The number of hydrogen-bond donors (Lipinski definition) is 1. The van der Waals surface area contributed by atoms with Crippen molar-refractivity contribution in [3.63, 3.8) is 0 Å². The zero-order valence-electron chi connectivity index (χ0n) is 13.6. The van der Waals surface area contributed by atoms with Crippen molar-refractivity contribution in [3.8, 4) is 11.6 Å². The maximum atomic E-state index is 13.5. The largest absolute Gasteiger partial charge is 0.444 e. The van der Waals surface area contributed by atoms with Crippen molar-refractivity contribution in [2.24, 2.45) is 0 Å². The fraction of sp³-hybridized carbons (Fsp3) is 0.294. The van der Waals surface area contributed by atoms with Gasteiger partial charge in [0.25, 0.3) is 0 Å². The van der Waals surface area contributed by atoms with E-state index in [1.807, 2.05) is 0 Å². The van der Waals surface area contributed by atoms with Crippen molar-refractivity contribution < 1.29 is 23.0 Å². The average molecular weight is 336 g/mol. The molecule has 1 N–H and O–H groups in total. The maximum Gasteiger partial charge on any atom is 0.407 e. The first-order valence-electron chi connectivity index (χ1n) is 7.27. The van der Waals surface area contributed by atoms with Crippen LogP contribution in [0.5, 0.6) is 11.6 Å². The van der Waals surface area contributed by atoms with Crippen LogP contribution in [0.3, 0.4) is 0 Å². The van der Waals surface area contributed by atoms with Gasteiger partial charge in [0.15, 0.2) is 11.6 Å². The van der Waals surface area contributed by atoms with Gasteiger partial charge in [-0.3, -0.25) is 0 Å². The summed E-state index contributed by atoms with van der Waals surface area (Å²) in [7, 11) is 0. The number of rotatable bonds is 4. The molecule has 0 saturated carbocycles. The van der Waals surface area contributed by atoms with Gasteiger partial charge < -0.3 is 14.8 Å². The van der Waals surface area contributed by atoms with Gasteiger partial charge in [0.2, 0.25) is 5.88 Å². The van der Waals surface area contributed by atoms with Gasteiger partial charge in [0, 0.05) is 24.9 Å². The van der Waals surface area contributed by atoms with E-state index in [4.69, 9.17) is 9.47 Å². The molecule has 2 aromatic rings. The minimum absolute atomic E-state index is 0.122. The van der Waals surface area contributed by atoms with Crippen molar-refractivity contribution in [2.45, 2.75) is 32.9 Å². The van der Waals surface area contributed by atoms with Crippen LogP contribution in [-0.4, -0.2) is 16.7 Å². The zero-order chi connectivity index (χ0) is 17.7. The van der Waals surface area contributed by atoms with Crippen LogP contribution in [0.1, 0.15) is 26.3 Å². The van der Waals surface area contributed by atoms with Crippen molar-refractivity contribution in [3.05, 3.63) is 53.7 Å². The predicted molar refractivity (Wildman–Crippen MR) is 83.7 cm³/mol. The van der Waals surface area contributed by atoms with Crippen LogP contribution in [0.15, 0.2) is 36.5 Å². The average Bonchev–Trinajstić information content (AvgIpc) is 2.48. The summed E-state index contributed by atoms with van der Waals surface area (Å²) in [4.78, 5) is 15.6. The molecule has 0 aliphatic heterocycles. The highest BCUT2D eigenvalue weighted by molar-refractivity contribution is 5.67. The molecule has 0 aliphatic rings. The van der Waals surface area contributed by atoms with E-state index >= 15 is 0 Å². The summed E-state index contributed by atoms with van der Waals surface area (Å²) in [5, 5.41) is 2.60. The minimum Gasteiger partial charge on any atom is -0.444 e. The molecule has 7 heteroatoms. The predicted octanol–water partition coefficient (Wildman–Crippen LogP) is 4.18. The second-order valence-electron chi connectivity index (χ2n) is 6.04. The fourth-order valence-corrected chi connectivity index (χ4v) is 1.73. The molecule has 0 atom stereocenters. The van der Waals surface area contributed by atoms with Gasteiger partial charge >= 0.3 is 6.09 Å². The number of carbonyl (C=O) groups excluding carboxylic acids is 1. The third-order valence-electron chi connectivity index (χ3n) is 2.74. The van der Waals surface area contributed by atoms with Gasteiger partial charge in [-0.1, -0.05) is 6.07 Å². The molecule has 128 valence electrons. The molecule has 0 aliphatic carbocycles. The Morgan fingerprint density at radius 1 is 1.21 bits per heavy atom. The topological polar surface area (TPSA) is 60.5 Å². The molecule has 2 rings (SSSR count). The number of benzene rings is 1. The number of ether oxygens (including phenoxy) is 2. The Hall–Kier alpha value is -2.70. The molecule has 0 bridgehead atoms. The summed E-state index contributed by atoms with van der Waals surface area (Å²) >= 11 is 0. The molecule has 1 aromatic carbocycles. The lowest BCUT2D eigenvalue weighted by molar-refractivity contribution is 0.0523. The first-order valence-corrected chi connectivity index (χ1v) is 7.27. The van der Waals surface area contributed by atoms with Crippen LogP contribution in [0.25, 0.3) is 0 Å². The molecule has 1 heterocycles. The van der Waals surface area contributed by atoms with Crippen LogP contribution in [-0.2, 0) is 11.3 Å². The Bertz CT molecular complexity index is 713. The van der Waals surface area contributed by atoms with E-state index in [9.17, 15) is 13.6 Å². The zero-order valence-corrected chi connectivity index (χ0v) is 13.6. The minimum atomic E-state index is -0.813. The lowest BCUT2D eigenvalue weighted by Gasteiger charge is -2.19. The van der Waals surface area contributed by atoms with Gasteiger partial charge in [-0.25, -0.2) is 18.6 Å². The summed E-state index contributed by atoms with van der Waals surface area (Å²) in [5.74, 6) is -1.46. The summed E-state index contributed by atoms with van der Waals surface area (Å²) in [5.41, 5.74) is 0.145. The number of hydrogen-bond acceptors (Lipinski definition) is 4. The van der Waals surface area contributed by atoms with E-state index in [-0.39, 0.29) is 18.2 Å². The molecular weight excluding hydrogens is 318 g/mol. The van der Waals surface area contributed by atoms with Crippen molar-refractivity contribution in [1.82, 2.24) is 10.3 Å². The number of halogens is 2. The number of nitrogens with zero attached hydrogens (tertiary/aromatic N) is 1. The maximum absolute atomic E-state index is 13.5. The number of alkyl carbamates (subject to hydrolysis) is 1. The number of carbonyl (C=O) groups is 1. The summed E-state index contributed by atoms with van der Waals surface area (Å²) in [6, 6.07) is 6.20. The van der Waals surface area contributed by atoms with Crippen LogP contribution in [0.4, 0.5) is 13.6 Å². The number of nitrogens with one attached hydrogen (secondary N) is 1. The first-order chi connectivity index (χ1) is 11.2. The van der Waals surface area contributed by atoms with Gasteiger partial charge in [-0.2, -0.15) is 0 Å². The Morgan fingerprint density at radius 3 is 2.54 bits per heavy atom. The molecule has 1 amide bonds. The monoisotopic (exact) mass is 336 g/mol. The molecule has 0 radical (unpaired) electrons. The highest BCUT2D eigenvalue weighted by Gasteiger charge is 2.15. The molecule has 5 nitrogen and oxygen atoms in total. The van der Waals surface area contributed by atoms with E-state index in [0.29, 0.717) is 5.56 Å². The fourth-order valence-electron chi connectivity index (χ4n) is 1.73. The Morgan fingerprint density at radius 2 is 1.96 bits per heavy atom. The molecule has 0 spiro atoms. The first kappa shape index (κ1) is 17.7. The van der Waals surface area contributed by atoms with Gasteiger partial charge in [-0.05, 0) is 38.5 Å². The molecule has 1 aromatic heterocycles. The highest BCUT2D eigenvalue weighted by Crippen LogP contribution is 2.23. The Balaban J connectivity index is 1.92. The number of aromatic nitrogens is 1. The molecule has 0 fully saturated rings. The second-order valence-corrected chi connectivity index (χ2v) is 6.04. The van der Waals surface area contributed by atoms with Crippen LogP contribution >= 0.6 is 0 Å². The van der Waals surface area contributed by atoms with E-state index < -0.39 is 23.3 Å². The molecule has 0 saturated heterocycles. The van der Waals surface area contributed by atoms with E-state index in [1.54, 1.807) is 26.8 Å². The van der Waals surface area contributed by atoms with Gasteiger partial charge in [0.05, 0.1) is 0 Å². The SMILES string of the molecule is CC(C)(C)OC(=O)NCc1ccc(Oc2ccc(F)cc2F)nc1. The Kier molecular flexibility index (Phi) is 5.33. The molecule has 0 unspecified atom stereocenters. The summed E-state index contributed by atoms with van der Waals surface area (Å²) < 4.78 is 36.7. The third kappa shape index (κ3) is 5.49. The standard InChI is InChI=1S/C17H18F2N2O3/c1-17(2,3)24-16(22)21-10-11-4-7-15(20-9-11)23-14-6-5-12(18)8-13(14)19/h4-9H,10H2,1-3H3,(H,21,22). The summed E-state index contributed by atoms with van der Waals surface area (Å²) in [6.45, 7) is 5.55. The van der Waals surface area contributed by atoms with Crippen molar-refractivity contribution >= 4 is 6.09 Å². The number of amides is 1. The van der Waals surface area contributed by atoms with E-state index in [2.05, 4.69) is 10.3 Å². The van der Waals surface area contributed by atoms with Crippen molar-refractivity contribution in [2.75, 3.05) is 0 Å². The third-order valence-corrected chi connectivity index (χ3v) is 2.74. The van der Waals surface area contributed by atoms with Gasteiger partial charge in [0.1, 0.15) is 11.4 Å². The smallest absolute Gasteiger partial charge is 0.407 e. The molecule has 24 heavy (non-hydrogen) atoms.